The smallest absolute Gasteiger partial charge is 0.408 e. The number of amides is 2. The van der Waals surface area contributed by atoms with Gasteiger partial charge >= 0.3 is 18.0 Å². The molecule has 0 bridgehead atoms. The Morgan fingerprint density at radius 2 is 1.65 bits per heavy atom. The molecule has 1 rings (SSSR count). The Labute approximate surface area is 182 Å². The van der Waals surface area contributed by atoms with Crippen LogP contribution in [0.3, 0.4) is 0 Å². The molecule has 0 heterocycles. The minimum atomic E-state index is -1.31. The van der Waals surface area contributed by atoms with Gasteiger partial charge in [0.2, 0.25) is 5.91 Å². The number of nitrogens with one attached hydrogen (secondary N) is 2. The second kappa shape index (κ2) is 13.3. The number of ether oxygens (including phenoxy) is 2. The highest BCUT2D eigenvalue weighted by atomic mass is 16.5. The minimum absolute atomic E-state index is 0.0387. The molecule has 0 aliphatic rings. The Bertz CT molecular complexity index is 737. The van der Waals surface area contributed by atoms with E-state index in [1.165, 1.54) is 6.92 Å². The summed E-state index contributed by atoms with van der Waals surface area (Å²) < 4.78 is 10.0. The summed E-state index contributed by atoms with van der Waals surface area (Å²) in [7, 11) is 0. The molecular formula is C22H32N2O7. The van der Waals surface area contributed by atoms with Crippen molar-refractivity contribution in [1.29, 1.82) is 0 Å². The number of hydrogen-bond acceptors (Lipinski definition) is 6. The van der Waals surface area contributed by atoms with E-state index < -0.39 is 41.9 Å². The third kappa shape index (κ3) is 9.97. The summed E-state index contributed by atoms with van der Waals surface area (Å²) in [5.41, 5.74) is 0.793. The summed E-state index contributed by atoms with van der Waals surface area (Å²) in [5, 5.41) is 14.4. The van der Waals surface area contributed by atoms with Gasteiger partial charge in [-0.2, -0.15) is 0 Å². The first-order chi connectivity index (χ1) is 14.6. The maximum Gasteiger partial charge on any atom is 0.408 e. The lowest BCUT2D eigenvalue weighted by Crippen LogP contribution is -2.54. The van der Waals surface area contributed by atoms with Crippen LogP contribution in [0, 0.1) is 11.8 Å². The molecule has 3 N–H and O–H groups in total. The Hall–Kier alpha value is -3.10. The van der Waals surface area contributed by atoms with E-state index in [4.69, 9.17) is 9.47 Å². The van der Waals surface area contributed by atoms with Crippen LogP contribution < -0.4 is 10.6 Å². The number of carboxylic acids is 1. The van der Waals surface area contributed by atoms with Crippen LogP contribution in [0.4, 0.5) is 4.79 Å². The highest BCUT2D eigenvalue weighted by molar-refractivity contribution is 5.89. The molecule has 9 heteroatoms. The van der Waals surface area contributed by atoms with Crippen LogP contribution in [-0.4, -0.2) is 47.7 Å². The van der Waals surface area contributed by atoms with Crippen molar-refractivity contribution in [2.45, 2.75) is 59.2 Å². The van der Waals surface area contributed by atoms with Crippen LogP contribution in [0.2, 0.25) is 0 Å². The predicted octanol–water partition coefficient (Wildman–Crippen LogP) is 2.49. The zero-order valence-electron chi connectivity index (χ0n) is 18.4. The summed E-state index contributed by atoms with van der Waals surface area (Å²) in [6.45, 7) is 7.15. The second-order valence-corrected chi connectivity index (χ2v) is 7.70. The molecule has 1 aromatic carbocycles. The van der Waals surface area contributed by atoms with E-state index in [9.17, 15) is 24.3 Å². The standard InChI is InChI=1S/C22H32N2O7/c1-5-30-18(25)12-15(4)19(21(27)28)24-20(26)17(11-14(2)3)23-22(29)31-13-16-9-7-6-8-10-16/h6-10,14-15,17,19H,5,11-13H2,1-4H3,(H,23,29)(H,24,26)(H,27,28)/t15-,17+,19+/m1/s1. The molecule has 0 saturated carbocycles. The molecule has 3 atom stereocenters. The summed E-state index contributed by atoms with van der Waals surface area (Å²) in [6, 6.07) is 6.77. The van der Waals surface area contributed by atoms with Crippen molar-refractivity contribution in [2.75, 3.05) is 6.61 Å². The molecule has 2 amide bonds. The number of hydrogen-bond donors (Lipinski definition) is 3. The summed E-state index contributed by atoms with van der Waals surface area (Å²) in [6.07, 6.45) is -0.659. The molecule has 0 aliphatic heterocycles. The van der Waals surface area contributed by atoms with Gasteiger partial charge in [-0.1, -0.05) is 51.1 Å². The average molecular weight is 437 g/mol. The van der Waals surface area contributed by atoms with Gasteiger partial charge in [0, 0.05) is 0 Å². The molecule has 0 aromatic heterocycles. The molecule has 9 nitrogen and oxygen atoms in total. The molecule has 0 fully saturated rings. The van der Waals surface area contributed by atoms with Gasteiger partial charge in [0.15, 0.2) is 0 Å². The number of carbonyl (C=O) groups is 4. The Kier molecular flexibility index (Phi) is 11.1. The van der Waals surface area contributed by atoms with Crippen molar-refractivity contribution in [3.63, 3.8) is 0 Å². The topological polar surface area (TPSA) is 131 Å². The zero-order valence-corrected chi connectivity index (χ0v) is 18.4. The van der Waals surface area contributed by atoms with Crippen molar-refractivity contribution in [1.82, 2.24) is 10.6 Å². The molecule has 0 radical (unpaired) electrons. The number of carboxylic acid groups (broad SMARTS) is 1. The maximum absolute atomic E-state index is 12.8. The molecule has 1 aromatic rings. The van der Waals surface area contributed by atoms with Crippen LogP contribution in [-0.2, 0) is 30.5 Å². The van der Waals surface area contributed by atoms with Gasteiger partial charge in [-0.15, -0.1) is 0 Å². The largest absolute Gasteiger partial charge is 0.480 e. The highest BCUT2D eigenvalue weighted by Crippen LogP contribution is 2.12. The molecular weight excluding hydrogens is 404 g/mol. The van der Waals surface area contributed by atoms with Crippen molar-refractivity contribution in [2.24, 2.45) is 11.8 Å². The van der Waals surface area contributed by atoms with Crippen LogP contribution in [0.25, 0.3) is 0 Å². The number of aliphatic carboxylic acids is 1. The van der Waals surface area contributed by atoms with E-state index in [1.807, 2.05) is 32.0 Å². The lowest BCUT2D eigenvalue weighted by Gasteiger charge is -2.25. The Balaban J connectivity index is 2.76. The van der Waals surface area contributed by atoms with E-state index in [2.05, 4.69) is 10.6 Å². The predicted molar refractivity (Wildman–Crippen MR) is 113 cm³/mol. The lowest BCUT2D eigenvalue weighted by molar-refractivity contribution is -0.147. The molecule has 0 aliphatic carbocycles. The molecule has 0 saturated heterocycles. The van der Waals surface area contributed by atoms with Crippen molar-refractivity contribution < 1.29 is 33.8 Å². The van der Waals surface area contributed by atoms with Crippen molar-refractivity contribution >= 4 is 23.9 Å². The van der Waals surface area contributed by atoms with Gasteiger partial charge in [-0.3, -0.25) is 9.59 Å². The highest BCUT2D eigenvalue weighted by Gasteiger charge is 2.32. The Morgan fingerprint density at radius 3 is 2.19 bits per heavy atom. The fourth-order valence-corrected chi connectivity index (χ4v) is 2.91. The van der Waals surface area contributed by atoms with Crippen molar-refractivity contribution in [3.05, 3.63) is 35.9 Å². The van der Waals surface area contributed by atoms with Gasteiger partial charge in [0.1, 0.15) is 18.7 Å². The van der Waals surface area contributed by atoms with Crippen LogP contribution in [0.5, 0.6) is 0 Å². The van der Waals surface area contributed by atoms with Crippen LogP contribution in [0.1, 0.15) is 46.1 Å². The third-order valence-corrected chi connectivity index (χ3v) is 4.46. The lowest BCUT2D eigenvalue weighted by atomic mass is 9.97. The molecule has 0 spiro atoms. The fraction of sp³-hybridized carbons (Fsp3) is 0.545. The number of benzene rings is 1. The maximum atomic E-state index is 12.8. The van der Waals surface area contributed by atoms with E-state index >= 15 is 0 Å². The van der Waals surface area contributed by atoms with Crippen molar-refractivity contribution in [3.8, 4) is 0 Å². The van der Waals surface area contributed by atoms with Gasteiger partial charge in [0.25, 0.3) is 0 Å². The monoisotopic (exact) mass is 436 g/mol. The van der Waals surface area contributed by atoms with Crippen LogP contribution in [0.15, 0.2) is 30.3 Å². The fourth-order valence-electron chi connectivity index (χ4n) is 2.91. The van der Waals surface area contributed by atoms with Gasteiger partial charge in [-0.25, -0.2) is 9.59 Å². The summed E-state index contributed by atoms with van der Waals surface area (Å²) in [5.74, 6) is -3.14. The van der Waals surface area contributed by atoms with Gasteiger partial charge < -0.3 is 25.2 Å². The summed E-state index contributed by atoms with van der Waals surface area (Å²) >= 11 is 0. The second-order valence-electron chi connectivity index (χ2n) is 7.70. The van der Waals surface area contributed by atoms with Gasteiger partial charge in [-0.05, 0) is 30.7 Å². The number of esters is 1. The summed E-state index contributed by atoms with van der Waals surface area (Å²) in [4.78, 5) is 48.3. The zero-order chi connectivity index (χ0) is 23.4. The van der Waals surface area contributed by atoms with E-state index in [-0.39, 0.29) is 32.0 Å². The minimum Gasteiger partial charge on any atom is -0.480 e. The normalized spacial score (nSPS) is 13.6. The number of alkyl carbamates (subject to hydrolysis) is 1. The number of rotatable bonds is 12. The average Bonchev–Trinajstić information content (AvgIpc) is 2.70. The quantitative estimate of drug-likeness (QED) is 0.429. The van der Waals surface area contributed by atoms with E-state index in [0.717, 1.165) is 5.56 Å². The van der Waals surface area contributed by atoms with E-state index in [1.54, 1.807) is 19.1 Å². The SMILES string of the molecule is CCOC(=O)C[C@@H](C)[C@H](NC(=O)[C@H](CC(C)C)NC(=O)OCc1ccccc1)C(=O)O. The molecule has 0 unspecified atom stereocenters. The molecule has 172 valence electrons. The van der Waals surface area contributed by atoms with E-state index in [0.29, 0.717) is 0 Å². The molecule has 31 heavy (non-hydrogen) atoms. The third-order valence-electron chi connectivity index (χ3n) is 4.46. The first-order valence-corrected chi connectivity index (χ1v) is 10.3. The van der Waals surface area contributed by atoms with Crippen LogP contribution >= 0.6 is 0 Å². The first-order valence-electron chi connectivity index (χ1n) is 10.3. The Morgan fingerprint density at radius 1 is 1.00 bits per heavy atom. The number of carbonyl (C=O) groups excluding carboxylic acids is 3. The van der Waals surface area contributed by atoms with Gasteiger partial charge in [0.05, 0.1) is 13.0 Å². The first kappa shape index (κ1) is 25.9.